The van der Waals surface area contributed by atoms with Crippen LogP contribution in [0.5, 0.6) is 11.5 Å². The van der Waals surface area contributed by atoms with Crippen molar-refractivity contribution < 1.29 is 19.4 Å². The largest absolute Gasteiger partial charge is 0.493 e. The number of ether oxygens (including phenoxy) is 2. The van der Waals surface area contributed by atoms with Crippen molar-refractivity contribution in [2.24, 2.45) is 0 Å². The Hall–Kier alpha value is -2.83. The summed E-state index contributed by atoms with van der Waals surface area (Å²) in [6.07, 6.45) is 3.35. The van der Waals surface area contributed by atoms with Gasteiger partial charge in [0.25, 0.3) is 0 Å². The SMILES string of the molecule is COc1ccc(CCN(C)c2ncncc2C(=O)O)cc1OC. The lowest BCUT2D eigenvalue weighted by Gasteiger charge is -2.19. The van der Waals surface area contributed by atoms with E-state index in [-0.39, 0.29) is 5.56 Å². The summed E-state index contributed by atoms with van der Waals surface area (Å²) in [5.41, 5.74) is 1.14. The second-order valence-electron chi connectivity index (χ2n) is 4.93. The van der Waals surface area contributed by atoms with Crippen molar-refractivity contribution >= 4 is 11.8 Å². The number of anilines is 1. The first kappa shape index (κ1) is 16.5. The van der Waals surface area contributed by atoms with E-state index < -0.39 is 5.97 Å². The number of likely N-dealkylation sites (N-methyl/N-ethyl adjacent to an activating group) is 1. The molecule has 1 heterocycles. The first-order chi connectivity index (χ1) is 11.1. The highest BCUT2D eigenvalue weighted by Gasteiger charge is 2.15. The molecular formula is C16H19N3O4. The first-order valence-corrected chi connectivity index (χ1v) is 7.02. The minimum Gasteiger partial charge on any atom is -0.493 e. The average molecular weight is 317 g/mol. The van der Waals surface area contributed by atoms with Gasteiger partial charge in [-0.25, -0.2) is 14.8 Å². The fourth-order valence-electron chi connectivity index (χ4n) is 2.22. The Balaban J connectivity index is 2.10. The summed E-state index contributed by atoms with van der Waals surface area (Å²) in [6, 6.07) is 5.71. The van der Waals surface area contributed by atoms with E-state index in [1.54, 1.807) is 26.2 Å². The van der Waals surface area contributed by atoms with Gasteiger partial charge in [-0.2, -0.15) is 0 Å². The quantitative estimate of drug-likeness (QED) is 0.834. The molecule has 1 N–H and O–H groups in total. The number of carboxylic acids is 1. The van der Waals surface area contributed by atoms with Gasteiger partial charge in [0.15, 0.2) is 11.5 Å². The van der Waals surface area contributed by atoms with Crippen molar-refractivity contribution in [2.75, 3.05) is 32.7 Å². The molecule has 0 atom stereocenters. The van der Waals surface area contributed by atoms with Crippen LogP contribution in [-0.4, -0.2) is 48.9 Å². The maximum Gasteiger partial charge on any atom is 0.341 e. The topological polar surface area (TPSA) is 84.8 Å². The molecule has 0 radical (unpaired) electrons. The molecule has 0 saturated heterocycles. The third-order valence-corrected chi connectivity index (χ3v) is 3.47. The van der Waals surface area contributed by atoms with Crippen LogP contribution in [0.2, 0.25) is 0 Å². The maximum absolute atomic E-state index is 11.2. The number of aromatic nitrogens is 2. The van der Waals surface area contributed by atoms with Crippen LogP contribution in [-0.2, 0) is 6.42 Å². The van der Waals surface area contributed by atoms with Crippen LogP contribution < -0.4 is 14.4 Å². The summed E-state index contributed by atoms with van der Waals surface area (Å²) >= 11 is 0. The number of methoxy groups -OCH3 is 2. The predicted octanol–water partition coefficient (Wildman–Crippen LogP) is 1.87. The highest BCUT2D eigenvalue weighted by atomic mass is 16.5. The standard InChI is InChI=1S/C16H19N3O4/c1-19(15-12(16(20)21)9-17-10-18-15)7-6-11-4-5-13(22-2)14(8-11)23-3/h4-5,8-10H,6-7H2,1-3H3,(H,20,21). The summed E-state index contributed by atoms with van der Waals surface area (Å²) in [4.78, 5) is 20.8. The smallest absolute Gasteiger partial charge is 0.341 e. The maximum atomic E-state index is 11.2. The molecule has 0 saturated carbocycles. The molecule has 0 aliphatic heterocycles. The third-order valence-electron chi connectivity index (χ3n) is 3.47. The molecule has 0 amide bonds. The number of rotatable bonds is 7. The van der Waals surface area contributed by atoms with E-state index in [1.165, 1.54) is 12.5 Å². The van der Waals surface area contributed by atoms with Gasteiger partial charge in [-0.15, -0.1) is 0 Å². The summed E-state index contributed by atoms with van der Waals surface area (Å²) < 4.78 is 10.5. The van der Waals surface area contributed by atoms with Gasteiger partial charge in [0.2, 0.25) is 0 Å². The summed E-state index contributed by atoms with van der Waals surface area (Å²) in [6.45, 7) is 0.604. The van der Waals surface area contributed by atoms with Crippen LogP contribution in [0.4, 0.5) is 5.82 Å². The van der Waals surface area contributed by atoms with Gasteiger partial charge in [-0.3, -0.25) is 0 Å². The van der Waals surface area contributed by atoms with E-state index >= 15 is 0 Å². The van der Waals surface area contributed by atoms with Crippen molar-refractivity contribution in [2.45, 2.75) is 6.42 Å². The second-order valence-corrected chi connectivity index (χ2v) is 4.93. The Kier molecular flexibility index (Phi) is 5.35. The van der Waals surface area contributed by atoms with Crippen LogP contribution in [0.3, 0.4) is 0 Å². The molecule has 1 aromatic carbocycles. The van der Waals surface area contributed by atoms with Crippen molar-refractivity contribution in [1.29, 1.82) is 0 Å². The van der Waals surface area contributed by atoms with Gasteiger partial charge in [-0.05, 0) is 24.1 Å². The minimum atomic E-state index is -1.04. The van der Waals surface area contributed by atoms with Crippen molar-refractivity contribution in [3.8, 4) is 11.5 Å². The molecule has 0 fully saturated rings. The lowest BCUT2D eigenvalue weighted by molar-refractivity contribution is 0.0696. The predicted molar refractivity (Wildman–Crippen MR) is 85.5 cm³/mol. The average Bonchev–Trinajstić information content (AvgIpc) is 2.59. The highest BCUT2D eigenvalue weighted by Crippen LogP contribution is 2.27. The van der Waals surface area contributed by atoms with E-state index in [1.807, 2.05) is 18.2 Å². The molecule has 7 nitrogen and oxygen atoms in total. The first-order valence-electron chi connectivity index (χ1n) is 7.02. The summed E-state index contributed by atoms with van der Waals surface area (Å²) in [5, 5.41) is 9.19. The van der Waals surface area contributed by atoms with Crippen molar-refractivity contribution in [3.63, 3.8) is 0 Å². The lowest BCUT2D eigenvalue weighted by atomic mass is 10.1. The molecule has 0 aliphatic rings. The highest BCUT2D eigenvalue weighted by molar-refractivity contribution is 5.92. The molecule has 122 valence electrons. The normalized spacial score (nSPS) is 10.2. The van der Waals surface area contributed by atoms with Gasteiger partial charge in [0, 0.05) is 19.8 Å². The Morgan fingerprint density at radius 2 is 2.00 bits per heavy atom. The molecular weight excluding hydrogens is 298 g/mol. The van der Waals surface area contributed by atoms with Gasteiger partial charge in [0.05, 0.1) is 14.2 Å². The molecule has 0 unspecified atom stereocenters. The molecule has 0 aliphatic carbocycles. The monoisotopic (exact) mass is 317 g/mol. The lowest BCUT2D eigenvalue weighted by Crippen LogP contribution is -2.24. The second kappa shape index (κ2) is 7.44. The molecule has 2 aromatic rings. The molecule has 23 heavy (non-hydrogen) atoms. The fraction of sp³-hybridized carbons (Fsp3) is 0.312. The van der Waals surface area contributed by atoms with Gasteiger partial charge in [0.1, 0.15) is 17.7 Å². The zero-order valence-electron chi connectivity index (χ0n) is 13.3. The van der Waals surface area contributed by atoms with Gasteiger partial charge < -0.3 is 19.5 Å². The third kappa shape index (κ3) is 3.88. The van der Waals surface area contributed by atoms with E-state index in [4.69, 9.17) is 9.47 Å². The summed E-state index contributed by atoms with van der Waals surface area (Å²) in [7, 11) is 4.98. The van der Waals surface area contributed by atoms with Gasteiger partial charge >= 0.3 is 5.97 Å². The zero-order valence-corrected chi connectivity index (χ0v) is 13.3. The number of nitrogens with zero attached hydrogens (tertiary/aromatic N) is 3. The number of hydrogen-bond donors (Lipinski definition) is 1. The molecule has 2 rings (SSSR count). The van der Waals surface area contributed by atoms with E-state index in [2.05, 4.69) is 9.97 Å². The number of carbonyl (C=O) groups is 1. The Morgan fingerprint density at radius 3 is 2.65 bits per heavy atom. The number of aromatic carboxylic acids is 1. The minimum absolute atomic E-state index is 0.0855. The fourth-order valence-corrected chi connectivity index (χ4v) is 2.22. The summed E-state index contributed by atoms with van der Waals surface area (Å²) in [5.74, 6) is 0.695. The van der Waals surface area contributed by atoms with Crippen LogP contribution in [0.25, 0.3) is 0 Å². The molecule has 7 heteroatoms. The zero-order chi connectivity index (χ0) is 16.8. The van der Waals surface area contributed by atoms with Crippen LogP contribution in [0.15, 0.2) is 30.7 Å². The van der Waals surface area contributed by atoms with Crippen molar-refractivity contribution in [1.82, 2.24) is 9.97 Å². The van der Waals surface area contributed by atoms with Crippen LogP contribution >= 0.6 is 0 Å². The van der Waals surface area contributed by atoms with Crippen LogP contribution in [0.1, 0.15) is 15.9 Å². The van der Waals surface area contributed by atoms with Crippen LogP contribution in [0, 0.1) is 0 Å². The Morgan fingerprint density at radius 1 is 1.26 bits per heavy atom. The number of carboxylic acid groups (broad SMARTS) is 1. The number of benzene rings is 1. The van der Waals surface area contributed by atoms with E-state index in [0.717, 1.165) is 5.56 Å². The Labute approximate surface area is 134 Å². The molecule has 0 spiro atoms. The Bertz CT molecular complexity index is 691. The van der Waals surface area contributed by atoms with Crippen molar-refractivity contribution in [3.05, 3.63) is 41.9 Å². The van der Waals surface area contributed by atoms with E-state index in [0.29, 0.717) is 30.3 Å². The number of hydrogen-bond acceptors (Lipinski definition) is 6. The van der Waals surface area contributed by atoms with E-state index in [9.17, 15) is 9.90 Å². The molecule has 1 aromatic heterocycles. The molecule has 0 bridgehead atoms. The van der Waals surface area contributed by atoms with Gasteiger partial charge in [-0.1, -0.05) is 6.07 Å².